The van der Waals surface area contributed by atoms with Gasteiger partial charge in [-0.15, -0.1) is 11.3 Å². The van der Waals surface area contributed by atoms with Crippen LogP contribution in [0.3, 0.4) is 0 Å². The number of nitrogen functional groups attached to an aromatic ring is 1. The molecule has 2 heterocycles. The van der Waals surface area contributed by atoms with E-state index in [0.29, 0.717) is 16.1 Å². The molecule has 5 aromatic rings. The van der Waals surface area contributed by atoms with Gasteiger partial charge in [-0.1, -0.05) is 66.7 Å². The Morgan fingerprint density at radius 2 is 1.36 bits per heavy atom. The lowest BCUT2D eigenvalue weighted by Crippen LogP contribution is -2.41. The van der Waals surface area contributed by atoms with Crippen molar-refractivity contribution in [2.45, 2.75) is 0 Å². The van der Waals surface area contributed by atoms with E-state index >= 15 is 0 Å². The summed E-state index contributed by atoms with van der Waals surface area (Å²) in [5.41, 5.74) is 15.0. The SMILES string of the molecule is Nc1sc2c(-c3ccccc3)nn(-c3ccccc3)c2c1C(=O)NNC(=O)c1ccccc1. The van der Waals surface area contributed by atoms with Gasteiger partial charge >= 0.3 is 0 Å². The molecule has 0 saturated heterocycles. The number of benzene rings is 3. The predicted octanol–water partition coefficient (Wildman–Crippen LogP) is 4.41. The lowest BCUT2D eigenvalue weighted by atomic mass is 10.1. The van der Waals surface area contributed by atoms with E-state index in [9.17, 15) is 9.59 Å². The number of hydrazine groups is 1. The number of hydrogen-bond acceptors (Lipinski definition) is 5. The number of fused-ring (bicyclic) bond motifs is 1. The van der Waals surface area contributed by atoms with Crippen LogP contribution >= 0.6 is 11.3 Å². The molecule has 3 aromatic carbocycles. The van der Waals surface area contributed by atoms with Crippen molar-refractivity contribution in [2.75, 3.05) is 5.73 Å². The fourth-order valence-corrected chi connectivity index (χ4v) is 4.65. The highest BCUT2D eigenvalue weighted by molar-refractivity contribution is 7.23. The third kappa shape index (κ3) is 3.83. The van der Waals surface area contributed by atoms with Gasteiger partial charge in [-0.05, 0) is 24.3 Å². The zero-order valence-electron chi connectivity index (χ0n) is 17.4. The lowest BCUT2D eigenvalue weighted by molar-refractivity contribution is 0.0848. The van der Waals surface area contributed by atoms with E-state index in [0.717, 1.165) is 21.6 Å². The van der Waals surface area contributed by atoms with Crippen LogP contribution in [0.25, 0.3) is 27.2 Å². The molecule has 162 valence electrons. The van der Waals surface area contributed by atoms with Gasteiger partial charge < -0.3 is 5.73 Å². The number of carbonyl (C=O) groups excluding carboxylic acids is 2. The first-order valence-corrected chi connectivity index (χ1v) is 11.0. The molecule has 4 N–H and O–H groups in total. The molecule has 8 heteroatoms. The third-order valence-electron chi connectivity index (χ3n) is 5.14. The van der Waals surface area contributed by atoms with E-state index in [1.165, 1.54) is 11.3 Å². The highest BCUT2D eigenvalue weighted by Crippen LogP contribution is 2.40. The molecule has 0 fully saturated rings. The summed E-state index contributed by atoms with van der Waals surface area (Å²) in [6.07, 6.45) is 0. The number of amides is 2. The second-order valence-corrected chi connectivity index (χ2v) is 8.31. The van der Waals surface area contributed by atoms with Crippen molar-refractivity contribution in [1.29, 1.82) is 0 Å². The molecular formula is C25H19N5O2S. The fraction of sp³-hybridized carbons (Fsp3) is 0. The van der Waals surface area contributed by atoms with E-state index in [-0.39, 0.29) is 5.56 Å². The number of nitrogens with one attached hydrogen (secondary N) is 2. The first-order valence-electron chi connectivity index (χ1n) is 10.2. The Balaban J connectivity index is 1.58. The van der Waals surface area contributed by atoms with Gasteiger partial charge in [0, 0.05) is 11.1 Å². The number of nitrogens with two attached hydrogens (primary N) is 1. The zero-order chi connectivity index (χ0) is 22.8. The number of thiophene rings is 1. The molecule has 0 radical (unpaired) electrons. The van der Waals surface area contributed by atoms with Crippen LogP contribution in [0.15, 0.2) is 91.0 Å². The number of hydrogen-bond donors (Lipinski definition) is 3. The first-order chi connectivity index (χ1) is 16.1. The number of carbonyl (C=O) groups is 2. The van der Waals surface area contributed by atoms with Crippen molar-refractivity contribution in [3.05, 3.63) is 102 Å². The van der Waals surface area contributed by atoms with Gasteiger partial charge in [0.2, 0.25) is 0 Å². The van der Waals surface area contributed by atoms with Gasteiger partial charge in [-0.2, -0.15) is 5.10 Å². The second-order valence-electron chi connectivity index (χ2n) is 7.26. The molecule has 7 nitrogen and oxygen atoms in total. The Morgan fingerprint density at radius 1 is 0.788 bits per heavy atom. The summed E-state index contributed by atoms with van der Waals surface area (Å²) in [6, 6.07) is 27.9. The van der Waals surface area contributed by atoms with E-state index < -0.39 is 11.8 Å². The fourth-order valence-electron chi connectivity index (χ4n) is 3.60. The first kappa shape index (κ1) is 20.5. The number of rotatable bonds is 4. The molecule has 0 saturated carbocycles. The van der Waals surface area contributed by atoms with E-state index in [2.05, 4.69) is 10.9 Å². The molecule has 0 bridgehead atoms. The van der Waals surface area contributed by atoms with Crippen molar-refractivity contribution >= 4 is 38.4 Å². The minimum Gasteiger partial charge on any atom is -0.390 e. The highest BCUT2D eigenvalue weighted by atomic mass is 32.1. The summed E-state index contributed by atoms with van der Waals surface area (Å²) in [4.78, 5) is 25.5. The van der Waals surface area contributed by atoms with Gasteiger partial charge in [0.05, 0.1) is 10.4 Å². The average molecular weight is 454 g/mol. The van der Waals surface area contributed by atoms with Crippen LogP contribution in [0.1, 0.15) is 20.7 Å². The predicted molar refractivity (Wildman–Crippen MR) is 130 cm³/mol. The maximum atomic E-state index is 13.2. The molecule has 0 aliphatic rings. The molecule has 0 unspecified atom stereocenters. The Bertz CT molecular complexity index is 1440. The second kappa shape index (κ2) is 8.60. The molecule has 0 atom stereocenters. The van der Waals surface area contributed by atoms with E-state index in [1.807, 2.05) is 66.7 Å². The monoisotopic (exact) mass is 453 g/mol. The minimum absolute atomic E-state index is 0.266. The molecule has 2 amide bonds. The van der Waals surface area contributed by atoms with Crippen molar-refractivity contribution in [3.63, 3.8) is 0 Å². The van der Waals surface area contributed by atoms with Gasteiger partial charge in [-0.25, -0.2) is 4.68 Å². The smallest absolute Gasteiger partial charge is 0.274 e. The van der Waals surface area contributed by atoms with Crippen LogP contribution in [0.5, 0.6) is 0 Å². The number of para-hydroxylation sites is 1. The number of aromatic nitrogens is 2. The molecule has 33 heavy (non-hydrogen) atoms. The van der Waals surface area contributed by atoms with Gasteiger partial charge in [0.1, 0.15) is 21.8 Å². The normalized spacial score (nSPS) is 10.8. The summed E-state index contributed by atoms with van der Waals surface area (Å²) in [5.74, 6) is -0.935. The number of anilines is 1. The molecule has 0 spiro atoms. The molecule has 0 aliphatic carbocycles. The van der Waals surface area contributed by atoms with Crippen molar-refractivity contribution in [1.82, 2.24) is 20.6 Å². The van der Waals surface area contributed by atoms with Crippen LogP contribution < -0.4 is 16.6 Å². The summed E-state index contributed by atoms with van der Waals surface area (Å²) < 4.78 is 2.51. The lowest BCUT2D eigenvalue weighted by Gasteiger charge is -2.09. The Morgan fingerprint density at radius 3 is 2.03 bits per heavy atom. The van der Waals surface area contributed by atoms with Gasteiger partial charge in [0.15, 0.2) is 0 Å². The summed E-state index contributed by atoms with van der Waals surface area (Å²) in [5, 5.41) is 5.16. The standard InChI is InChI=1S/C25H19N5O2S/c26-23-19(25(32)28-27-24(31)17-12-6-2-7-13-17)21-22(33-23)20(16-10-4-1-5-11-16)29-30(21)18-14-8-3-9-15-18/h1-15H,26H2,(H,27,31)(H,28,32). The van der Waals surface area contributed by atoms with Crippen LogP contribution in [0.2, 0.25) is 0 Å². The topological polar surface area (TPSA) is 102 Å². The van der Waals surface area contributed by atoms with Crippen molar-refractivity contribution in [3.8, 4) is 16.9 Å². The Kier molecular flexibility index (Phi) is 5.34. The maximum absolute atomic E-state index is 13.2. The Hall–Kier alpha value is -4.43. The van der Waals surface area contributed by atoms with Gasteiger partial charge in [-0.3, -0.25) is 20.4 Å². The summed E-state index contributed by atoms with van der Waals surface area (Å²) in [7, 11) is 0. The minimum atomic E-state index is -0.514. The highest BCUT2D eigenvalue weighted by Gasteiger charge is 2.26. The van der Waals surface area contributed by atoms with Gasteiger partial charge in [0.25, 0.3) is 11.8 Å². The molecule has 0 aliphatic heterocycles. The zero-order valence-corrected chi connectivity index (χ0v) is 18.2. The Labute approximate surface area is 193 Å². The van der Waals surface area contributed by atoms with Crippen LogP contribution in [0.4, 0.5) is 5.00 Å². The third-order valence-corrected chi connectivity index (χ3v) is 6.15. The summed E-state index contributed by atoms with van der Waals surface area (Å²) >= 11 is 1.30. The number of nitrogens with zero attached hydrogens (tertiary/aromatic N) is 2. The van der Waals surface area contributed by atoms with E-state index in [4.69, 9.17) is 10.8 Å². The summed E-state index contributed by atoms with van der Waals surface area (Å²) in [6.45, 7) is 0. The van der Waals surface area contributed by atoms with E-state index in [1.54, 1.807) is 28.9 Å². The maximum Gasteiger partial charge on any atom is 0.274 e. The molecular weight excluding hydrogens is 434 g/mol. The largest absolute Gasteiger partial charge is 0.390 e. The van der Waals surface area contributed by atoms with Crippen LogP contribution in [-0.2, 0) is 0 Å². The van der Waals surface area contributed by atoms with Crippen molar-refractivity contribution in [2.24, 2.45) is 0 Å². The van der Waals surface area contributed by atoms with Crippen LogP contribution in [0, 0.1) is 0 Å². The molecule has 2 aromatic heterocycles. The van der Waals surface area contributed by atoms with Crippen molar-refractivity contribution < 1.29 is 9.59 Å². The quantitative estimate of drug-likeness (QED) is 0.351. The van der Waals surface area contributed by atoms with Crippen LogP contribution in [-0.4, -0.2) is 21.6 Å². The average Bonchev–Trinajstić information content (AvgIpc) is 3.39. The molecule has 5 rings (SSSR count).